The number of nitrogens with zero attached hydrogens (tertiary/aromatic N) is 2. The Labute approximate surface area is 207 Å². The average Bonchev–Trinajstić information content (AvgIpc) is 3.19. The fraction of sp³-hybridized carbons (Fsp3) is 0.250. The molecule has 1 aliphatic rings. The minimum absolute atomic E-state index is 0.0390. The van der Waals surface area contributed by atoms with E-state index in [0.717, 1.165) is 32.1 Å². The molecule has 7 nitrogen and oxygen atoms in total. The number of amides is 2. The smallest absolute Gasteiger partial charge is 0.243 e. The van der Waals surface area contributed by atoms with Crippen LogP contribution in [0.5, 0.6) is 0 Å². The third kappa shape index (κ3) is 5.47. The molecule has 184 valence electrons. The quantitative estimate of drug-likeness (QED) is 0.490. The second-order valence-corrected chi connectivity index (χ2v) is 11.0. The highest BCUT2D eigenvalue weighted by atomic mass is 32.2. The first-order valence-corrected chi connectivity index (χ1v) is 12.7. The number of hydrogen-bond donors (Lipinski definition) is 2. The second-order valence-electron chi connectivity index (χ2n) is 8.39. The Bertz CT molecular complexity index is 1380. The molecule has 1 aliphatic heterocycles. The molecule has 35 heavy (non-hydrogen) atoms. The maximum atomic E-state index is 13.5. The lowest BCUT2D eigenvalue weighted by atomic mass is 10.1. The number of carbonyl (C=O) groups excluding carboxylic acids is 2. The van der Waals surface area contributed by atoms with Crippen LogP contribution in [0.15, 0.2) is 65.6 Å². The van der Waals surface area contributed by atoms with Gasteiger partial charge in [-0.15, -0.1) is 0 Å². The van der Waals surface area contributed by atoms with Gasteiger partial charge < -0.3 is 10.2 Å². The number of likely N-dealkylation sites (N-methyl/N-ethyl adjacent to an activating group) is 1. The van der Waals surface area contributed by atoms with Crippen LogP contribution in [0.4, 0.5) is 14.5 Å². The molecule has 4 rings (SSSR count). The number of carbonyl (C=O) groups is 2. The largest absolute Gasteiger partial charge is 0.335 e. The van der Waals surface area contributed by atoms with Gasteiger partial charge in [-0.25, -0.2) is 17.2 Å². The van der Waals surface area contributed by atoms with Gasteiger partial charge in [0, 0.05) is 30.6 Å². The number of thiol groups is 1. The first-order valence-electron chi connectivity index (χ1n) is 10.7. The summed E-state index contributed by atoms with van der Waals surface area (Å²) >= 11 is 4.41. The number of hydrogen-bond acceptors (Lipinski definition) is 5. The van der Waals surface area contributed by atoms with E-state index in [-0.39, 0.29) is 28.8 Å². The van der Waals surface area contributed by atoms with Crippen LogP contribution in [0.25, 0.3) is 10.8 Å². The van der Waals surface area contributed by atoms with Crippen LogP contribution in [0, 0.1) is 11.6 Å². The minimum atomic E-state index is -4.02. The predicted molar refractivity (Wildman–Crippen MR) is 132 cm³/mol. The second kappa shape index (κ2) is 9.92. The van der Waals surface area contributed by atoms with Crippen molar-refractivity contribution in [2.45, 2.75) is 22.6 Å². The molecule has 3 aromatic rings. The van der Waals surface area contributed by atoms with Gasteiger partial charge in [-0.05, 0) is 41.5 Å². The standard InChI is InChI=1S/C24H23F2N3O4S2/c1-28(14-23(30)27-19-10-17(25)9-18(26)11-19)24(31)22-12-20(34)13-29(22)35(32,33)21-7-6-15-4-2-3-5-16(15)8-21/h2-11,20,22,34H,12-14H2,1H3,(H,27,30)/t20-,22+/m1/s1. The molecule has 0 radical (unpaired) electrons. The van der Waals surface area contributed by atoms with E-state index in [4.69, 9.17) is 0 Å². The van der Waals surface area contributed by atoms with E-state index >= 15 is 0 Å². The van der Waals surface area contributed by atoms with E-state index in [0.29, 0.717) is 6.07 Å². The zero-order valence-corrected chi connectivity index (χ0v) is 20.4. The normalized spacial score (nSPS) is 18.5. The Kier molecular flexibility index (Phi) is 7.11. The predicted octanol–water partition coefficient (Wildman–Crippen LogP) is 3.28. The van der Waals surface area contributed by atoms with Gasteiger partial charge in [0.05, 0.1) is 11.4 Å². The number of anilines is 1. The number of sulfonamides is 1. The van der Waals surface area contributed by atoms with Crippen molar-refractivity contribution in [3.8, 4) is 0 Å². The first kappa shape index (κ1) is 25.1. The SMILES string of the molecule is CN(CC(=O)Nc1cc(F)cc(F)c1)C(=O)[C@@H]1C[C@@H](S)CN1S(=O)(=O)c1ccc2ccccc2c1. The third-order valence-corrected chi connectivity index (χ3v) is 7.99. The van der Waals surface area contributed by atoms with Crippen LogP contribution >= 0.6 is 12.6 Å². The molecule has 0 aromatic heterocycles. The molecule has 2 atom stereocenters. The van der Waals surface area contributed by atoms with Gasteiger partial charge in [0.25, 0.3) is 0 Å². The molecule has 0 bridgehead atoms. The lowest BCUT2D eigenvalue weighted by Crippen LogP contribution is -2.48. The summed E-state index contributed by atoms with van der Waals surface area (Å²) in [5.74, 6) is -2.98. The zero-order valence-electron chi connectivity index (χ0n) is 18.7. The summed E-state index contributed by atoms with van der Waals surface area (Å²) in [7, 11) is -2.66. The van der Waals surface area contributed by atoms with E-state index in [1.165, 1.54) is 13.1 Å². The Morgan fingerprint density at radius 2 is 1.71 bits per heavy atom. The lowest BCUT2D eigenvalue weighted by molar-refractivity contribution is -0.136. The fourth-order valence-electron chi connectivity index (χ4n) is 4.11. The number of rotatable bonds is 6. The van der Waals surface area contributed by atoms with Gasteiger partial charge in [0.1, 0.15) is 17.7 Å². The summed E-state index contributed by atoms with van der Waals surface area (Å²) in [5.41, 5.74) is -0.0925. The van der Waals surface area contributed by atoms with Crippen LogP contribution in [-0.4, -0.2) is 60.9 Å². The number of benzene rings is 3. The molecular weight excluding hydrogens is 496 g/mol. The Morgan fingerprint density at radius 1 is 1.06 bits per heavy atom. The monoisotopic (exact) mass is 519 g/mol. The van der Waals surface area contributed by atoms with E-state index < -0.39 is 46.1 Å². The summed E-state index contributed by atoms with van der Waals surface area (Å²) in [6.45, 7) is -0.397. The van der Waals surface area contributed by atoms with E-state index in [1.807, 2.05) is 18.2 Å². The van der Waals surface area contributed by atoms with Gasteiger partial charge in [-0.2, -0.15) is 16.9 Å². The molecule has 0 saturated carbocycles. The van der Waals surface area contributed by atoms with Crippen molar-refractivity contribution < 1.29 is 26.8 Å². The molecule has 1 heterocycles. The maximum absolute atomic E-state index is 13.5. The fourth-order valence-corrected chi connectivity index (χ4v) is 6.27. The van der Waals surface area contributed by atoms with Crippen molar-refractivity contribution in [2.24, 2.45) is 0 Å². The maximum Gasteiger partial charge on any atom is 0.243 e. The summed E-state index contributed by atoms with van der Waals surface area (Å²) in [6, 6.07) is 13.6. The molecule has 0 spiro atoms. The van der Waals surface area contributed by atoms with E-state index in [2.05, 4.69) is 17.9 Å². The van der Waals surface area contributed by atoms with Gasteiger partial charge in [-0.3, -0.25) is 9.59 Å². The summed E-state index contributed by atoms with van der Waals surface area (Å²) in [6.07, 6.45) is 0.176. The number of nitrogens with one attached hydrogen (secondary N) is 1. The van der Waals surface area contributed by atoms with Crippen LogP contribution < -0.4 is 5.32 Å². The van der Waals surface area contributed by atoms with Gasteiger partial charge in [-0.1, -0.05) is 30.3 Å². The Hall–Kier alpha value is -3.02. The summed E-state index contributed by atoms with van der Waals surface area (Å²) in [4.78, 5) is 26.7. The van der Waals surface area contributed by atoms with Crippen molar-refractivity contribution in [1.82, 2.24) is 9.21 Å². The summed E-state index contributed by atoms with van der Waals surface area (Å²) < 4.78 is 54.8. The topological polar surface area (TPSA) is 86.8 Å². The highest BCUT2D eigenvalue weighted by Gasteiger charge is 2.44. The molecular formula is C24H23F2N3O4S2. The molecule has 0 unspecified atom stereocenters. The first-order chi connectivity index (χ1) is 16.5. The Balaban J connectivity index is 1.51. The third-order valence-electron chi connectivity index (χ3n) is 5.75. The number of fused-ring (bicyclic) bond motifs is 1. The number of halogens is 2. The van der Waals surface area contributed by atoms with Crippen LogP contribution in [0.2, 0.25) is 0 Å². The van der Waals surface area contributed by atoms with Crippen molar-refractivity contribution in [1.29, 1.82) is 0 Å². The zero-order chi connectivity index (χ0) is 25.3. The van der Waals surface area contributed by atoms with Crippen molar-refractivity contribution in [3.05, 3.63) is 72.3 Å². The van der Waals surface area contributed by atoms with Gasteiger partial charge in [0.2, 0.25) is 21.8 Å². The van der Waals surface area contributed by atoms with E-state index in [9.17, 15) is 26.8 Å². The minimum Gasteiger partial charge on any atom is -0.335 e. The van der Waals surface area contributed by atoms with Crippen LogP contribution in [0.3, 0.4) is 0 Å². The summed E-state index contributed by atoms with van der Waals surface area (Å²) in [5, 5.41) is 3.61. The van der Waals surface area contributed by atoms with Crippen molar-refractivity contribution >= 4 is 50.9 Å². The highest BCUT2D eigenvalue weighted by Crippen LogP contribution is 2.31. The highest BCUT2D eigenvalue weighted by molar-refractivity contribution is 7.89. The molecule has 1 fully saturated rings. The van der Waals surface area contributed by atoms with Crippen LogP contribution in [0.1, 0.15) is 6.42 Å². The molecule has 0 aliphatic carbocycles. The van der Waals surface area contributed by atoms with Crippen LogP contribution in [-0.2, 0) is 19.6 Å². The lowest BCUT2D eigenvalue weighted by Gasteiger charge is -2.27. The molecule has 1 saturated heterocycles. The molecule has 1 N–H and O–H groups in total. The Morgan fingerprint density at radius 3 is 2.40 bits per heavy atom. The molecule has 11 heteroatoms. The van der Waals surface area contributed by atoms with Gasteiger partial charge in [0.15, 0.2) is 0 Å². The van der Waals surface area contributed by atoms with Crippen molar-refractivity contribution in [3.63, 3.8) is 0 Å². The molecule has 3 aromatic carbocycles. The average molecular weight is 520 g/mol. The molecule has 2 amide bonds. The van der Waals surface area contributed by atoms with Gasteiger partial charge >= 0.3 is 0 Å². The van der Waals surface area contributed by atoms with Crippen molar-refractivity contribution in [2.75, 3.05) is 25.5 Å². The van der Waals surface area contributed by atoms with E-state index in [1.54, 1.807) is 18.2 Å².